The van der Waals surface area contributed by atoms with E-state index in [2.05, 4.69) is 5.32 Å². The molecule has 2 aliphatic rings. The molecule has 4 aromatic carbocycles. The monoisotopic (exact) mass is 602 g/mol. The SMILES string of the molecule is Cc1ccc(C(=O)Nc2ccc(/C=C/c3ccc4c(c3)OCO4)cc2)s1.Nc1ccc(/C=C/c2ccc3c(c2)OCO3)cc1. The van der Waals surface area contributed by atoms with Gasteiger partial charge in [0, 0.05) is 16.3 Å². The van der Waals surface area contributed by atoms with E-state index in [4.69, 9.17) is 24.7 Å². The molecule has 0 atom stereocenters. The fourth-order valence-electron chi connectivity index (χ4n) is 4.45. The van der Waals surface area contributed by atoms with E-state index < -0.39 is 0 Å². The summed E-state index contributed by atoms with van der Waals surface area (Å²) in [6.45, 7) is 2.57. The van der Waals surface area contributed by atoms with Gasteiger partial charge in [-0.25, -0.2) is 0 Å². The molecule has 7 nitrogen and oxygen atoms in total. The van der Waals surface area contributed by atoms with E-state index in [-0.39, 0.29) is 12.7 Å². The van der Waals surface area contributed by atoms with Crippen LogP contribution in [0.3, 0.4) is 0 Å². The quantitative estimate of drug-likeness (QED) is 0.150. The van der Waals surface area contributed by atoms with Gasteiger partial charge in [-0.15, -0.1) is 11.3 Å². The molecule has 0 spiro atoms. The zero-order valence-corrected chi connectivity index (χ0v) is 24.8. The topological polar surface area (TPSA) is 92.0 Å². The van der Waals surface area contributed by atoms with Crippen molar-refractivity contribution in [3.8, 4) is 23.0 Å². The van der Waals surface area contributed by atoms with Crippen LogP contribution >= 0.6 is 11.3 Å². The highest BCUT2D eigenvalue weighted by atomic mass is 32.1. The molecule has 1 amide bonds. The minimum atomic E-state index is -0.0771. The first-order valence-electron chi connectivity index (χ1n) is 14.0. The highest BCUT2D eigenvalue weighted by Gasteiger charge is 2.13. The molecule has 5 aromatic rings. The van der Waals surface area contributed by atoms with Crippen LogP contribution in [0.1, 0.15) is 36.8 Å². The van der Waals surface area contributed by atoms with E-state index in [9.17, 15) is 4.79 Å². The van der Waals surface area contributed by atoms with Crippen molar-refractivity contribution < 1.29 is 23.7 Å². The maximum Gasteiger partial charge on any atom is 0.265 e. The van der Waals surface area contributed by atoms with Crippen LogP contribution in [0.15, 0.2) is 97.1 Å². The molecule has 0 unspecified atom stereocenters. The van der Waals surface area contributed by atoms with Crippen LogP contribution < -0.4 is 30.0 Å². The standard InChI is InChI=1S/C21H17NO3S.C15H13NO2/c1-14-2-11-20(26-14)21(23)22-17-8-5-15(6-9-17)3-4-16-7-10-18-19(12-16)25-13-24-18;16-13-6-3-11(4-7-13)1-2-12-5-8-14-15(9-12)18-10-17-14/h2-12H,13H2,1H3,(H,22,23);1-9H,10,16H2/b4-3+;2-1+. The van der Waals surface area contributed by atoms with E-state index in [1.54, 1.807) is 0 Å². The predicted molar refractivity (Wildman–Crippen MR) is 177 cm³/mol. The Morgan fingerprint density at radius 1 is 0.636 bits per heavy atom. The van der Waals surface area contributed by atoms with Crippen molar-refractivity contribution in [3.05, 3.63) is 129 Å². The van der Waals surface area contributed by atoms with Crippen LogP contribution in [-0.2, 0) is 0 Å². The van der Waals surface area contributed by atoms with Gasteiger partial charge in [-0.3, -0.25) is 4.79 Å². The first-order chi connectivity index (χ1) is 21.5. The summed E-state index contributed by atoms with van der Waals surface area (Å²) in [5.41, 5.74) is 11.5. The number of nitrogens with one attached hydrogen (secondary N) is 1. The molecule has 0 saturated heterocycles. The lowest BCUT2D eigenvalue weighted by Crippen LogP contribution is -2.09. The number of carbonyl (C=O) groups is 1. The van der Waals surface area contributed by atoms with Crippen LogP contribution in [-0.4, -0.2) is 19.5 Å². The second-order valence-corrected chi connectivity index (χ2v) is 11.3. The molecule has 2 aliphatic heterocycles. The van der Waals surface area contributed by atoms with Gasteiger partial charge >= 0.3 is 0 Å². The van der Waals surface area contributed by atoms with Crippen LogP contribution in [0.2, 0.25) is 0 Å². The summed E-state index contributed by atoms with van der Waals surface area (Å²) >= 11 is 1.49. The van der Waals surface area contributed by atoms with Crippen molar-refractivity contribution in [3.63, 3.8) is 0 Å². The number of nitrogen functional groups attached to an aromatic ring is 1. The minimum absolute atomic E-state index is 0.0771. The molecule has 3 heterocycles. The lowest BCUT2D eigenvalue weighted by molar-refractivity contribution is 0.103. The Morgan fingerprint density at radius 2 is 1.11 bits per heavy atom. The van der Waals surface area contributed by atoms with Gasteiger partial charge < -0.3 is 30.0 Å². The number of rotatable bonds is 6. The van der Waals surface area contributed by atoms with E-state index >= 15 is 0 Å². The van der Waals surface area contributed by atoms with E-state index in [1.165, 1.54) is 11.3 Å². The molecule has 44 heavy (non-hydrogen) atoms. The van der Waals surface area contributed by atoms with Crippen LogP contribution in [0.5, 0.6) is 23.0 Å². The smallest absolute Gasteiger partial charge is 0.265 e. The second-order valence-electron chi connectivity index (χ2n) is 10.0. The number of nitrogens with two attached hydrogens (primary N) is 1. The molecule has 1 aromatic heterocycles. The Hall–Kier alpha value is -5.47. The first-order valence-corrected chi connectivity index (χ1v) is 14.8. The Morgan fingerprint density at radius 3 is 1.64 bits per heavy atom. The fraction of sp³-hybridized carbons (Fsp3) is 0.0833. The number of fused-ring (bicyclic) bond motifs is 2. The van der Waals surface area contributed by atoms with Crippen LogP contribution in [0, 0.1) is 6.92 Å². The van der Waals surface area contributed by atoms with Crippen LogP contribution in [0.25, 0.3) is 24.3 Å². The highest BCUT2D eigenvalue weighted by molar-refractivity contribution is 7.14. The number of benzene rings is 4. The van der Waals surface area contributed by atoms with Gasteiger partial charge in [-0.05, 0) is 89.8 Å². The molecule has 220 valence electrons. The number of carbonyl (C=O) groups excluding carboxylic acids is 1. The number of hydrogen-bond donors (Lipinski definition) is 2. The van der Waals surface area contributed by atoms with Crippen molar-refractivity contribution >= 4 is 52.9 Å². The normalized spacial score (nSPS) is 12.8. The van der Waals surface area contributed by atoms with Crippen molar-refractivity contribution in [1.29, 1.82) is 0 Å². The van der Waals surface area contributed by atoms with Crippen molar-refractivity contribution in [2.45, 2.75) is 6.92 Å². The summed E-state index contributed by atoms with van der Waals surface area (Å²) in [6, 6.07) is 31.0. The maximum absolute atomic E-state index is 12.2. The summed E-state index contributed by atoms with van der Waals surface area (Å²) in [5, 5.41) is 2.92. The van der Waals surface area contributed by atoms with Gasteiger partial charge in [0.05, 0.1) is 4.88 Å². The molecular weight excluding hydrogens is 572 g/mol. The zero-order valence-electron chi connectivity index (χ0n) is 24.0. The van der Waals surface area contributed by atoms with Crippen molar-refractivity contribution in [2.24, 2.45) is 0 Å². The molecular formula is C36H30N2O5S. The number of thiophene rings is 1. The largest absolute Gasteiger partial charge is 0.454 e. The lowest BCUT2D eigenvalue weighted by atomic mass is 10.1. The van der Waals surface area contributed by atoms with Gasteiger partial charge in [-0.1, -0.05) is 60.7 Å². The third-order valence-corrected chi connectivity index (χ3v) is 7.80. The van der Waals surface area contributed by atoms with E-state index in [1.807, 2.05) is 128 Å². The Balaban J connectivity index is 0.000000167. The Bertz CT molecular complexity index is 1820. The average molecular weight is 603 g/mol. The predicted octanol–water partition coefficient (Wildman–Crippen LogP) is 8.38. The van der Waals surface area contributed by atoms with Gasteiger partial charge in [0.1, 0.15) is 0 Å². The number of ether oxygens (including phenoxy) is 4. The van der Waals surface area contributed by atoms with Gasteiger partial charge in [0.2, 0.25) is 13.6 Å². The van der Waals surface area contributed by atoms with Gasteiger partial charge in [0.25, 0.3) is 5.91 Å². The molecule has 7 rings (SSSR count). The number of amides is 1. The number of anilines is 2. The minimum Gasteiger partial charge on any atom is -0.454 e. The van der Waals surface area contributed by atoms with Gasteiger partial charge in [0.15, 0.2) is 23.0 Å². The van der Waals surface area contributed by atoms with Gasteiger partial charge in [-0.2, -0.15) is 0 Å². The molecule has 0 radical (unpaired) electrons. The molecule has 0 saturated carbocycles. The second kappa shape index (κ2) is 13.2. The Labute approximate surface area is 259 Å². The summed E-state index contributed by atoms with van der Waals surface area (Å²) in [4.78, 5) is 14.0. The Kier molecular flexibility index (Phi) is 8.61. The summed E-state index contributed by atoms with van der Waals surface area (Å²) in [7, 11) is 0. The summed E-state index contributed by atoms with van der Waals surface area (Å²) in [5.74, 6) is 3.08. The van der Waals surface area contributed by atoms with E-state index in [0.717, 1.165) is 61.5 Å². The molecule has 8 heteroatoms. The lowest BCUT2D eigenvalue weighted by Gasteiger charge is -2.04. The maximum atomic E-state index is 12.2. The third-order valence-electron chi connectivity index (χ3n) is 6.80. The number of aryl methyl sites for hydroxylation is 1. The van der Waals surface area contributed by atoms with Crippen molar-refractivity contribution in [1.82, 2.24) is 0 Å². The first kappa shape index (κ1) is 28.6. The average Bonchev–Trinajstić information content (AvgIpc) is 3.81. The number of hydrogen-bond acceptors (Lipinski definition) is 7. The zero-order chi connectivity index (χ0) is 30.3. The molecule has 0 bridgehead atoms. The van der Waals surface area contributed by atoms with E-state index in [0.29, 0.717) is 11.7 Å². The summed E-state index contributed by atoms with van der Waals surface area (Å²) in [6.07, 6.45) is 8.11. The summed E-state index contributed by atoms with van der Waals surface area (Å²) < 4.78 is 21.3. The fourth-order valence-corrected chi connectivity index (χ4v) is 5.22. The van der Waals surface area contributed by atoms with Crippen molar-refractivity contribution in [2.75, 3.05) is 24.6 Å². The highest BCUT2D eigenvalue weighted by Crippen LogP contribution is 2.34. The molecule has 0 fully saturated rings. The van der Waals surface area contributed by atoms with Crippen LogP contribution in [0.4, 0.5) is 11.4 Å². The molecule has 3 N–H and O–H groups in total. The molecule has 0 aliphatic carbocycles. The third kappa shape index (κ3) is 7.29.